The number of amides is 1. The highest BCUT2D eigenvalue weighted by molar-refractivity contribution is 6.16. The first-order valence-corrected chi connectivity index (χ1v) is 11.4. The fourth-order valence-electron chi connectivity index (χ4n) is 4.95. The molecule has 2 aromatic heterocycles. The van der Waals surface area contributed by atoms with Crippen molar-refractivity contribution in [1.29, 1.82) is 0 Å². The van der Waals surface area contributed by atoms with Crippen molar-refractivity contribution >= 4 is 33.6 Å². The molecule has 3 heterocycles. The van der Waals surface area contributed by atoms with Gasteiger partial charge in [0.15, 0.2) is 0 Å². The maximum atomic E-state index is 12.9. The first kappa shape index (κ1) is 22.8. The van der Waals surface area contributed by atoms with Crippen LogP contribution in [-0.4, -0.2) is 64.7 Å². The molecule has 5 rings (SSSR count). The molecule has 1 unspecified atom stereocenters. The van der Waals surface area contributed by atoms with Crippen LogP contribution in [0.1, 0.15) is 34.5 Å². The van der Waals surface area contributed by atoms with Crippen LogP contribution >= 0.6 is 0 Å². The molecular weight excluding hydrogens is 448 g/mol. The van der Waals surface area contributed by atoms with Crippen molar-refractivity contribution < 1.29 is 23.8 Å². The zero-order valence-corrected chi connectivity index (χ0v) is 19.3. The molecule has 0 radical (unpaired) electrons. The topological polar surface area (TPSA) is 122 Å². The Hall–Kier alpha value is -3.95. The number of nitrogens with zero attached hydrogens (tertiary/aromatic N) is 3. The summed E-state index contributed by atoms with van der Waals surface area (Å²) < 4.78 is 11.0. The Balaban J connectivity index is 1.78. The number of furan rings is 1. The van der Waals surface area contributed by atoms with Gasteiger partial charge in [-0.1, -0.05) is 24.3 Å². The quantitative estimate of drug-likeness (QED) is 0.334. The highest BCUT2D eigenvalue weighted by atomic mass is 16.5. The van der Waals surface area contributed by atoms with Crippen LogP contribution in [0.5, 0.6) is 5.75 Å². The standard InChI is InChI=1S/C26H26N4O5/c1-16(31)29-10-12-30(13-11-29)23(17-6-8-28-9-7-17)22-21-20(26(33)35-15-27)14-34-25(21)19-5-3-2-4-18(19)24(22)32/h2-9,14,23,32H,10-13,15,27H2,1H3. The molecule has 9 heteroatoms. The minimum Gasteiger partial charge on any atom is -0.507 e. The first-order valence-electron chi connectivity index (χ1n) is 11.4. The zero-order valence-electron chi connectivity index (χ0n) is 19.3. The first-order chi connectivity index (χ1) is 17.0. The van der Waals surface area contributed by atoms with Crippen molar-refractivity contribution in [2.24, 2.45) is 5.73 Å². The van der Waals surface area contributed by atoms with E-state index in [0.717, 1.165) is 5.56 Å². The van der Waals surface area contributed by atoms with E-state index in [2.05, 4.69) is 9.88 Å². The number of ether oxygens (including phenoxy) is 1. The second-order valence-electron chi connectivity index (χ2n) is 8.48. The van der Waals surface area contributed by atoms with Crippen LogP contribution < -0.4 is 5.73 Å². The normalized spacial score (nSPS) is 15.4. The molecule has 35 heavy (non-hydrogen) atoms. The van der Waals surface area contributed by atoms with E-state index in [1.807, 2.05) is 36.4 Å². The summed E-state index contributed by atoms with van der Waals surface area (Å²) in [5.74, 6) is -0.535. The molecule has 1 aliphatic rings. The van der Waals surface area contributed by atoms with Gasteiger partial charge >= 0.3 is 5.97 Å². The average molecular weight is 475 g/mol. The van der Waals surface area contributed by atoms with Gasteiger partial charge in [0.05, 0.1) is 6.04 Å². The number of piperazine rings is 1. The Bertz CT molecular complexity index is 1390. The molecule has 0 bridgehead atoms. The predicted octanol–water partition coefficient (Wildman–Crippen LogP) is 3.01. The molecule has 1 atom stereocenters. The van der Waals surface area contributed by atoms with E-state index in [4.69, 9.17) is 14.9 Å². The van der Waals surface area contributed by atoms with Gasteiger partial charge < -0.3 is 19.2 Å². The van der Waals surface area contributed by atoms with Crippen molar-refractivity contribution in [3.05, 3.63) is 71.7 Å². The molecule has 0 spiro atoms. The maximum absolute atomic E-state index is 12.9. The summed E-state index contributed by atoms with van der Waals surface area (Å²) >= 11 is 0. The number of phenols is 1. The number of phenolic OH excluding ortho intramolecular Hbond substituents is 1. The second-order valence-corrected chi connectivity index (χ2v) is 8.48. The van der Waals surface area contributed by atoms with Crippen molar-refractivity contribution in [3.63, 3.8) is 0 Å². The van der Waals surface area contributed by atoms with Crippen LogP contribution in [0.2, 0.25) is 0 Å². The molecule has 2 aromatic carbocycles. The van der Waals surface area contributed by atoms with Crippen LogP contribution in [0.25, 0.3) is 21.7 Å². The van der Waals surface area contributed by atoms with E-state index in [9.17, 15) is 14.7 Å². The van der Waals surface area contributed by atoms with Crippen molar-refractivity contribution in [2.45, 2.75) is 13.0 Å². The van der Waals surface area contributed by atoms with Crippen molar-refractivity contribution in [2.75, 3.05) is 32.9 Å². The highest BCUT2D eigenvalue weighted by Crippen LogP contribution is 2.46. The Morgan fingerprint density at radius 3 is 2.46 bits per heavy atom. The highest BCUT2D eigenvalue weighted by Gasteiger charge is 2.34. The lowest BCUT2D eigenvalue weighted by atomic mass is 9.89. The summed E-state index contributed by atoms with van der Waals surface area (Å²) in [7, 11) is 0. The van der Waals surface area contributed by atoms with Crippen molar-refractivity contribution in [3.8, 4) is 5.75 Å². The average Bonchev–Trinajstić information content (AvgIpc) is 3.32. The summed E-state index contributed by atoms with van der Waals surface area (Å²) in [6, 6.07) is 10.7. The molecule has 1 fully saturated rings. The van der Waals surface area contributed by atoms with E-state index in [1.165, 1.54) is 6.26 Å². The minimum absolute atomic E-state index is 0.0303. The lowest BCUT2D eigenvalue weighted by Crippen LogP contribution is -2.49. The summed E-state index contributed by atoms with van der Waals surface area (Å²) in [6.45, 7) is 3.57. The number of fused-ring (bicyclic) bond motifs is 3. The number of aromatic nitrogens is 1. The predicted molar refractivity (Wildman–Crippen MR) is 130 cm³/mol. The number of carbonyl (C=O) groups excluding carboxylic acids is 2. The monoisotopic (exact) mass is 474 g/mol. The molecule has 3 N–H and O–H groups in total. The van der Waals surface area contributed by atoms with E-state index in [0.29, 0.717) is 53.5 Å². The number of esters is 1. The number of benzene rings is 2. The SMILES string of the molecule is CC(=O)N1CCN(C(c2ccncc2)c2c(O)c3ccccc3c3occ(C(=O)OCN)c23)CC1. The number of hydrogen-bond donors (Lipinski definition) is 2. The second kappa shape index (κ2) is 9.36. The van der Waals surface area contributed by atoms with Crippen LogP contribution in [0.15, 0.2) is 59.5 Å². The number of carbonyl (C=O) groups is 2. The summed E-state index contributed by atoms with van der Waals surface area (Å²) in [6.07, 6.45) is 4.75. The molecule has 1 saturated heterocycles. The molecule has 180 valence electrons. The van der Waals surface area contributed by atoms with Crippen molar-refractivity contribution in [1.82, 2.24) is 14.8 Å². The van der Waals surface area contributed by atoms with Gasteiger partial charge in [-0.25, -0.2) is 4.79 Å². The van der Waals surface area contributed by atoms with Gasteiger partial charge in [0.1, 0.15) is 29.9 Å². The summed E-state index contributed by atoms with van der Waals surface area (Å²) in [4.78, 5) is 32.9. The third-order valence-electron chi connectivity index (χ3n) is 6.60. The van der Waals surface area contributed by atoms with E-state index >= 15 is 0 Å². The fourth-order valence-corrected chi connectivity index (χ4v) is 4.95. The molecule has 4 aromatic rings. The molecule has 9 nitrogen and oxygen atoms in total. The molecular formula is C26H26N4O5. The molecule has 0 aliphatic carbocycles. The number of pyridine rings is 1. The van der Waals surface area contributed by atoms with Gasteiger partial charge in [-0.15, -0.1) is 0 Å². The number of nitrogens with two attached hydrogens (primary N) is 1. The maximum Gasteiger partial charge on any atom is 0.343 e. The molecule has 1 amide bonds. The van der Waals surface area contributed by atoms with Crippen LogP contribution in [0.3, 0.4) is 0 Å². The number of aromatic hydroxyl groups is 1. The van der Waals surface area contributed by atoms with Gasteiger partial charge in [0, 0.05) is 67.2 Å². The van der Waals surface area contributed by atoms with Crippen LogP contribution in [0.4, 0.5) is 0 Å². The largest absolute Gasteiger partial charge is 0.507 e. The Kier molecular flexibility index (Phi) is 6.10. The van der Waals surface area contributed by atoms with Gasteiger partial charge in [-0.2, -0.15) is 0 Å². The van der Waals surface area contributed by atoms with E-state index in [-0.39, 0.29) is 24.0 Å². The zero-order chi connectivity index (χ0) is 24.5. The van der Waals surface area contributed by atoms with Crippen LogP contribution in [0, 0.1) is 0 Å². The summed E-state index contributed by atoms with van der Waals surface area (Å²) in [5, 5.41) is 13.5. The smallest absolute Gasteiger partial charge is 0.343 e. The van der Waals surface area contributed by atoms with E-state index < -0.39 is 12.0 Å². The molecule has 0 saturated carbocycles. The van der Waals surface area contributed by atoms with E-state index in [1.54, 1.807) is 24.2 Å². The third kappa shape index (κ3) is 3.98. The van der Waals surface area contributed by atoms with Gasteiger partial charge in [0.25, 0.3) is 0 Å². The lowest BCUT2D eigenvalue weighted by Gasteiger charge is -2.40. The van der Waals surface area contributed by atoms with Crippen LogP contribution in [-0.2, 0) is 9.53 Å². The third-order valence-corrected chi connectivity index (χ3v) is 6.60. The van der Waals surface area contributed by atoms with Gasteiger partial charge in [0.2, 0.25) is 5.91 Å². The lowest BCUT2D eigenvalue weighted by molar-refractivity contribution is -0.130. The Morgan fingerprint density at radius 1 is 1.11 bits per heavy atom. The molecule has 1 aliphatic heterocycles. The summed E-state index contributed by atoms with van der Waals surface area (Å²) in [5.41, 5.74) is 7.59. The Morgan fingerprint density at radius 2 is 1.80 bits per heavy atom. The Labute approximate surface area is 201 Å². The number of hydrogen-bond acceptors (Lipinski definition) is 8. The van der Waals surface area contributed by atoms with Gasteiger partial charge in [-0.3, -0.25) is 20.4 Å². The fraction of sp³-hybridized carbons (Fsp3) is 0.269. The van der Waals surface area contributed by atoms with Gasteiger partial charge in [-0.05, 0) is 17.7 Å². The number of rotatable bonds is 5. The minimum atomic E-state index is -0.628.